The third kappa shape index (κ3) is 5.64. The van der Waals surface area contributed by atoms with E-state index >= 15 is 0 Å². The van der Waals surface area contributed by atoms with Crippen molar-refractivity contribution in [3.8, 4) is 0 Å². The molecule has 8 heteroatoms. The van der Waals surface area contributed by atoms with E-state index in [0.29, 0.717) is 18.2 Å². The van der Waals surface area contributed by atoms with Gasteiger partial charge in [0.1, 0.15) is 0 Å². The Hall–Kier alpha value is -0.820. The normalized spacial score (nSPS) is 21.6. The highest BCUT2D eigenvalue weighted by Gasteiger charge is 2.25. The lowest BCUT2D eigenvalue weighted by molar-refractivity contribution is -0.133. The van der Waals surface area contributed by atoms with Gasteiger partial charge in [0.15, 0.2) is 5.76 Å². The summed E-state index contributed by atoms with van der Waals surface area (Å²) in [6, 6.07) is 1.98. The fraction of sp³-hybridized carbons (Fsp3) is 0.733. The van der Waals surface area contributed by atoms with Crippen LogP contribution in [0.5, 0.6) is 0 Å². The number of carbonyl (C=O) groups is 1. The Balaban J connectivity index is 0.00000132. The van der Waals surface area contributed by atoms with Gasteiger partial charge in [-0.05, 0) is 32.4 Å². The minimum absolute atomic E-state index is 0. The molecule has 0 aliphatic carbocycles. The van der Waals surface area contributed by atoms with Gasteiger partial charge >= 0.3 is 0 Å². The zero-order valence-corrected chi connectivity index (χ0v) is 15.1. The minimum atomic E-state index is 0. The Morgan fingerprint density at radius 1 is 1.35 bits per heavy atom. The highest BCUT2D eigenvalue weighted by molar-refractivity contribution is 5.85. The molecular weight excluding hydrogens is 339 g/mol. The fourth-order valence-corrected chi connectivity index (χ4v) is 3.13. The number of aryl methyl sites for hydroxylation is 1. The van der Waals surface area contributed by atoms with Crippen molar-refractivity contribution in [2.24, 2.45) is 5.92 Å². The number of rotatable bonds is 4. The second-order valence-corrected chi connectivity index (χ2v) is 6.15. The summed E-state index contributed by atoms with van der Waals surface area (Å²) in [5.74, 6) is 1.76. The van der Waals surface area contributed by atoms with E-state index in [2.05, 4.69) is 15.4 Å². The van der Waals surface area contributed by atoms with Crippen LogP contribution < -0.4 is 5.32 Å². The molecule has 1 unspecified atom stereocenters. The van der Waals surface area contributed by atoms with Crippen molar-refractivity contribution >= 4 is 30.7 Å². The second-order valence-electron chi connectivity index (χ2n) is 6.15. The average molecular weight is 365 g/mol. The van der Waals surface area contributed by atoms with E-state index < -0.39 is 0 Å². The Bertz CT molecular complexity index is 484. The number of nitrogens with zero attached hydrogens (tertiary/aromatic N) is 3. The summed E-state index contributed by atoms with van der Waals surface area (Å²) in [6.45, 7) is 8.25. The van der Waals surface area contributed by atoms with Gasteiger partial charge in [0.2, 0.25) is 5.91 Å². The number of nitrogens with one attached hydrogen (secondary N) is 1. The van der Waals surface area contributed by atoms with E-state index in [-0.39, 0.29) is 24.8 Å². The molecule has 1 aromatic heterocycles. The molecule has 0 bridgehead atoms. The van der Waals surface area contributed by atoms with Gasteiger partial charge in [-0.3, -0.25) is 9.69 Å². The highest BCUT2D eigenvalue weighted by atomic mass is 35.5. The first-order valence-electron chi connectivity index (χ1n) is 7.84. The van der Waals surface area contributed by atoms with Crippen LogP contribution in [0.2, 0.25) is 0 Å². The number of hydrogen-bond donors (Lipinski definition) is 1. The van der Waals surface area contributed by atoms with E-state index in [1.165, 1.54) is 0 Å². The standard InChI is InChI=1S/C15H24N4O2.2ClH/c1-12-8-14(21-17-12)11-18-4-6-19(7-5-18)15(20)9-13-2-3-16-10-13;;/h8,13,16H,2-7,9-11H2,1H3;2*1H. The predicted molar refractivity (Wildman–Crippen MR) is 93.2 cm³/mol. The van der Waals surface area contributed by atoms with Crippen LogP contribution in [0, 0.1) is 12.8 Å². The van der Waals surface area contributed by atoms with Crippen LogP contribution in [0.25, 0.3) is 0 Å². The fourth-order valence-electron chi connectivity index (χ4n) is 3.13. The van der Waals surface area contributed by atoms with Crippen LogP contribution >= 0.6 is 24.8 Å². The Labute approximate surface area is 149 Å². The average Bonchev–Trinajstić information content (AvgIpc) is 3.12. The molecule has 132 valence electrons. The molecule has 3 rings (SSSR count). The largest absolute Gasteiger partial charge is 0.360 e. The molecule has 0 radical (unpaired) electrons. The van der Waals surface area contributed by atoms with Crippen LogP contribution in [-0.4, -0.2) is 60.1 Å². The lowest BCUT2D eigenvalue weighted by Crippen LogP contribution is -2.48. The molecule has 1 atom stereocenters. The van der Waals surface area contributed by atoms with E-state index in [9.17, 15) is 4.79 Å². The van der Waals surface area contributed by atoms with Crippen LogP contribution in [0.15, 0.2) is 10.6 Å². The van der Waals surface area contributed by atoms with Gasteiger partial charge in [-0.1, -0.05) is 5.16 Å². The molecule has 2 saturated heterocycles. The van der Waals surface area contributed by atoms with E-state index in [1.54, 1.807) is 0 Å². The minimum Gasteiger partial charge on any atom is -0.360 e. The van der Waals surface area contributed by atoms with Gasteiger partial charge in [-0.25, -0.2) is 0 Å². The summed E-state index contributed by atoms with van der Waals surface area (Å²) in [6.07, 6.45) is 1.84. The molecule has 2 aliphatic heterocycles. The molecule has 0 spiro atoms. The summed E-state index contributed by atoms with van der Waals surface area (Å²) in [5.41, 5.74) is 0.920. The SMILES string of the molecule is Cc1cc(CN2CCN(C(=O)CC3CCNC3)CC2)on1.Cl.Cl. The lowest BCUT2D eigenvalue weighted by Gasteiger charge is -2.34. The molecular formula is C15H26Cl2N4O2. The van der Waals surface area contributed by atoms with Crippen molar-refractivity contribution in [2.45, 2.75) is 26.3 Å². The van der Waals surface area contributed by atoms with E-state index in [4.69, 9.17) is 4.52 Å². The first-order valence-corrected chi connectivity index (χ1v) is 7.84. The number of carbonyl (C=O) groups excluding carboxylic acids is 1. The first kappa shape index (κ1) is 20.2. The van der Waals surface area contributed by atoms with Crippen LogP contribution in [0.3, 0.4) is 0 Å². The van der Waals surface area contributed by atoms with Gasteiger partial charge in [0.05, 0.1) is 12.2 Å². The second kappa shape index (κ2) is 9.47. The molecule has 0 aromatic carbocycles. The van der Waals surface area contributed by atoms with Gasteiger partial charge in [-0.15, -0.1) is 24.8 Å². The maximum absolute atomic E-state index is 12.3. The summed E-state index contributed by atoms with van der Waals surface area (Å²) < 4.78 is 5.25. The van der Waals surface area contributed by atoms with Crippen LogP contribution in [-0.2, 0) is 11.3 Å². The molecule has 1 aromatic rings. The Morgan fingerprint density at radius 2 is 2.09 bits per heavy atom. The molecule has 0 saturated carbocycles. The van der Waals surface area contributed by atoms with Crippen molar-refractivity contribution < 1.29 is 9.32 Å². The maximum Gasteiger partial charge on any atom is 0.222 e. The quantitative estimate of drug-likeness (QED) is 0.876. The molecule has 2 fully saturated rings. The Morgan fingerprint density at radius 3 is 2.65 bits per heavy atom. The van der Waals surface area contributed by atoms with E-state index in [1.807, 2.05) is 17.9 Å². The molecule has 6 nitrogen and oxygen atoms in total. The number of hydrogen-bond acceptors (Lipinski definition) is 5. The van der Waals surface area contributed by atoms with Crippen molar-refractivity contribution in [3.05, 3.63) is 17.5 Å². The molecule has 23 heavy (non-hydrogen) atoms. The van der Waals surface area contributed by atoms with Crippen molar-refractivity contribution in [3.63, 3.8) is 0 Å². The van der Waals surface area contributed by atoms with Crippen molar-refractivity contribution in [1.29, 1.82) is 0 Å². The molecule has 2 aliphatic rings. The van der Waals surface area contributed by atoms with Gasteiger partial charge in [-0.2, -0.15) is 0 Å². The zero-order chi connectivity index (χ0) is 14.7. The predicted octanol–water partition coefficient (Wildman–Crippen LogP) is 1.47. The summed E-state index contributed by atoms with van der Waals surface area (Å²) >= 11 is 0. The van der Waals surface area contributed by atoms with Crippen molar-refractivity contribution in [1.82, 2.24) is 20.3 Å². The van der Waals surface area contributed by atoms with Crippen molar-refractivity contribution in [2.75, 3.05) is 39.3 Å². The number of aromatic nitrogens is 1. The number of piperazine rings is 1. The summed E-state index contributed by atoms with van der Waals surface area (Å²) in [7, 11) is 0. The number of amides is 1. The highest BCUT2D eigenvalue weighted by Crippen LogP contribution is 2.16. The third-order valence-electron chi connectivity index (χ3n) is 4.41. The summed E-state index contributed by atoms with van der Waals surface area (Å²) in [5, 5.41) is 7.23. The monoisotopic (exact) mass is 364 g/mol. The van der Waals surface area contributed by atoms with E-state index in [0.717, 1.165) is 63.7 Å². The van der Waals surface area contributed by atoms with Gasteiger partial charge < -0.3 is 14.7 Å². The Kier molecular flexibility index (Phi) is 8.33. The van der Waals surface area contributed by atoms with Crippen LogP contribution in [0.1, 0.15) is 24.3 Å². The summed E-state index contributed by atoms with van der Waals surface area (Å²) in [4.78, 5) is 16.6. The third-order valence-corrected chi connectivity index (χ3v) is 4.41. The maximum atomic E-state index is 12.3. The molecule has 1 N–H and O–H groups in total. The van der Waals surface area contributed by atoms with Gasteiger partial charge in [0.25, 0.3) is 0 Å². The smallest absolute Gasteiger partial charge is 0.222 e. The number of halogens is 2. The van der Waals surface area contributed by atoms with Crippen LogP contribution in [0.4, 0.5) is 0 Å². The molecule has 1 amide bonds. The van der Waals surface area contributed by atoms with Gasteiger partial charge in [0, 0.05) is 38.7 Å². The topological polar surface area (TPSA) is 61.6 Å². The first-order chi connectivity index (χ1) is 10.2. The zero-order valence-electron chi connectivity index (χ0n) is 13.5. The molecule has 3 heterocycles. The lowest BCUT2D eigenvalue weighted by atomic mass is 10.0.